The van der Waals surface area contributed by atoms with Crippen molar-refractivity contribution in [2.45, 2.75) is 17.9 Å². The van der Waals surface area contributed by atoms with Crippen LogP contribution in [0.2, 0.25) is 0 Å². The molecule has 1 aliphatic rings. The summed E-state index contributed by atoms with van der Waals surface area (Å²) in [7, 11) is -1.27. The molecule has 1 aromatic rings. The predicted molar refractivity (Wildman–Crippen MR) is 53.4 cm³/mol. The van der Waals surface area contributed by atoms with E-state index < -0.39 is 9.92 Å². The molecule has 0 saturated carbocycles. The van der Waals surface area contributed by atoms with E-state index >= 15 is 0 Å². The smallest absolute Gasteiger partial charge is 0.145 e. The van der Waals surface area contributed by atoms with Crippen LogP contribution < -0.4 is 10.0 Å². The molecule has 0 bridgehead atoms. The number of aromatic nitrogens is 2. The molecule has 0 radical (unpaired) electrons. The van der Waals surface area contributed by atoms with Crippen LogP contribution in [0.3, 0.4) is 0 Å². The van der Waals surface area contributed by atoms with Crippen molar-refractivity contribution in [3.8, 4) is 0 Å². The third-order valence-corrected chi connectivity index (χ3v) is 3.27. The molecule has 0 fully saturated rings. The van der Waals surface area contributed by atoms with Gasteiger partial charge in [-0.3, -0.25) is 0 Å². The number of rotatable bonds is 1. The molecule has 1 aromatic heterocycles. The summed E-state index contributed by atoms with van der Waals surface area (Å²) in [5, 5.41) is 9.37. The zero-order chi connectivity index (χ0) is 10.3. The first-order valence-corrected chi connectivity index (χ1v) is 5.96. The lowest BCUT2D eigenvalue weighted by atomic mass is 10.3. The molecule has 0 saturated heterocycles. The Bertz CT molecular complexity index is 449. The van der Waals surface area contributed by atoms with Gasteiger partial charge in [-0.2, -0.15) is 5.10 Å². The number of hydrogen-bond acceptors (Lipinski definition) is 4. The lowest BCUT2D eigenvalue weighted by Gasteiger charge is -2.26. The van der Waals surface area contributed by atoms with Gasteiger partial charge in [0.1, 0.15) is 20.6 Å². The highest BCUT2D eigenvalue weighted by Gasteiger charge is 2.23. The van der Waals surface area contributed by atoms with Gasteiger partial charge in [0.2, 0.25) is 0 Å². The number of nitrogens with two attached hydrogens (primary N) is 1. The van der Waals surface area contributed by atoms with E-state index in [-0.39, 0.29) is 0 Å². The van der Waals surface area contributed by atoms with E-state index in [9.17, 15) is 4.21 Å². The fourth-order valence-electron chi connectivity index (χ4n) is 1.69. The Morgan fingerprint density at radius 2 is 2.36 bits per heavy atom. The van der Waals surface area contributed by atoms with Gasteiger partial charge in [-0.25, -0.2) is 18.8 Å². The van der Waals surface area contributed by atoms with Crippen LogP contribution in [0.5, 0.6) is 0 Å². The number of nitrogens with zero attached hydrogens (tertiary/aromatic N) is 3. The molecule has 0 aliphatic carbocycles. The molecule has 1 aliphatic heterocycles. The second-order valence-corrected chi connectivity index (χ2v) is 5.07. The van der Waals surface area contributed by atoms with Crippen molar-refractivity contribution in [3.05, 3.63) is 6.20 Å². The van der Waals surface area contributed by atoms with E-state index in [1.54, 1.807) is 4.68 Å². The van der Waals surface area contributed by atoms with Gasteiger partial charge in [-0.05, 0) is 6.42 Å². The Hall–Kier alpha value is -1.08. The van der Waals surface area contributed by atoms with Gasteiger partial charge in [0, 0.05) is 20.1 Å². The predicted octanol–water partition coefficient (Wildman–Crippen LogP) is 0.00237. The zero-order valence-corrected chi connectivity index (χ0v) is 8.75. The van der Waals surface area contributed by atoms with E-state index in [4.69, 9.17) is 9.92 Å². The average molecular weight is 215 g/mol. The molecule has 7 heteroatoms. The van der Waals surface area contributed by atoms with E-state index in [1.165, 1.54) is 6.20 Å². The van der Waals surface area contributed by atoms with Crippen molar-refractivity contribution >= 4 is 15.7 Å². The molecule has 3 N–H and O–H groups in total. The van der Waals surface area contributed by atoms with Crippen LogP contribution in [0.1, 0.15) is 6.42 Å². The summed E-state index contributed by atoms with van der Waals surface area (Å²) in [6.07, 6.45) is 2.45. The summed E-state index contributed by atoms with van der Waals surface area (Å²) in [5.41, 5.74) is 0. The number of hydrogen-bond donors (Lipinski definition) is 2. The maximum atomic E-state index is 11.4. The average Bonchev–Trinajstić information content (AvgIpc) is 2.47. The minimum Gasteiger partial charge on any atom is -0.359 e. The van der Waals surface area contributed by atoms with Crippen molar-refractivity contribution in [1.82, 2.24) is 9.78 Å². The Morgan fingerprint density at radius 1 is 1.64 bits per heavy atom. The highest BCUT2D eigenvalue weighted by Crippen LogP contribution is 2.26. The van der Waals surface area contributed by atoms with Crippen molar-refractivity contribution in [2.75, 3.05) is 18.5 Å². The molecule has 2 rings (SSSR count). The second-order valence-electron chi connectivity index (χ2n) is 3.43. The van der Waals surface area contributed by atoms with Crippen molar-refractivity contribution in [3.63, 3.8) is 0 Å². The molecule has 14 heavy (non-hydrogen) atoms. The molecule has 1 unspecified atom stereocenters. The Labute approximate surface area is 82.8 Å². The molecule has 78 valence electrons. The van der Waals surface area contributed by atoms with Crippen LogP contribution in [0.15, 0.2) is 11.1 Å². The summed E-state index contributed by atoms with van der Waals surface area (Å²) < 4.78 is 20.5. The van der Waals surface area contributed by atoms with E-state index in [1.807, 2.05) is 11.9 Å². The molecule has 0 spiro atoms. The Balaban J connectivity index is 2.60. The zero-order valence-electron chi connectivity index (χ0n) is 7.93. The lowest BCUT2D eigenvalue weighted by molar-refractivity contribution is 0.531. The monoisotopic (exact) mass is 215 g/mol. The van der Waals surface area contributed by atoms with Crippen LogP contribution >= 0.6 is 0 Å². The van der Waals surface area contributed by atoms with E-state index in [0.29, 0.717) is 4.90 Å². The standard InChI is InChI=1S/C7H13N5OS/c1-11-3-2-4-12-7(11)6(5-10-12)14(8,9)13/h5H,2-4H2,1H3,(H3,8,9,13). The first-order chi connectivity index (χ1) is 6.50. The van der Waals surface area contributed by atoms with E-state index in [0.717, 1.165) is 25.3 Å². The Kier molecular flexibility index (Phi) is 2.00. The summed E-state index contributed by atoms with van der Waals surface area (Å²) in [6.45, 7) is 1.68. The molecule has 0 aromatic carbocycles. The van der Waals surface area contributed by atoms with Gasteiger partial charge in [-0.15, -0.1) is 0 Å². The maximum Gasteiger partial charge on any atom is 0.145 e. The SMILES string of the molecule is CN1CCCn2ncc(S(=N)(N)=O)c21. The fourth-order valence-corrected chi connectivity index (χ4v) is 2.42. The van der Waals surface area contributed by atoms with E-state index in [2.05, 4.69) is 5.10 Å². The molecular formula is C7H13N5OS. The number of nitrogens with one attached hydrogen (secondary N) is 1. The number of fused-ring (bicyclic) bond motifs is 1. The van der Waals surface area contributed by atoms with Gasteiger partial charge >= 0.3 is 0 Å². The maximum absolute atomic E-state index is 11.4. The van der Waals surface area contributed by atoms with Crippen LogP contribution in [-0.4, -0.2) is 27.6 Å². The molecule has 0 amide bonds. The third-order valence-electron chi connectivity index (χ3n) is 2.33. The fraction of sp³-hybridized carbons (Fsp3) is 0.571. The summed E-state index contributed by atoms with van der Waals surface area (Å²) in [6, 6.07) is 0. The molecular weight excluding hydrogens is 202 g/mol. The largest absolute Gasteiger partial charge is 0.359 e. The van der Waals surface area contributed by atoms with Crippen LogP contribution in [0.25, 0.3) is 0 Å². The minimum absolute atomic E-state index is 0.333. The highest BCUT2D eigenvalue weighted by molar-refractivity contribution is 7.90. The summed E-state index contributed by atoms with van der Waals surface area (Å²) >= 11 is 0. The number of anilines is 1. The van der Waals surface area contributed by atoms with Crippen molar-refractivity contribution in [2.24, 2.45) is 5.14 Å². The topological polar surface area (TPSA) is 88.0 Å². The second kappa shape index (κ2) is 2.96. The quantitative estimate of drug-likeness (QED) is 0.691. The van der Waals surface area contributed by atoms with Crippen LogP contribution in [-0.2, 0) is 16.5 Å². The van der Waals surface area contributed by atoms with Gasteiger partial charge in [0.25, 0.3) is 0 Å². The van der Waals surface area contributed by atoms with Crippen LogP contribution in [0, 0.1) is 4.78 Å². The highest BCUT2D eigenvalue weighted by atomic mass is 32.2. The van der Waals surface area contributed by atoms with Crippen molar-refractivity contribution in [1.29, 1.82) is 4.78 Å². The number of aryl methyl sites for hydroxylation is 1. The molecule has 6 nitrogen and oxygen atoms in total. The van der Waals surface area contributed by atoms with Gasteiger partial charge in [0.05, 0.1) is 6.20 Å². The lowest BCUT2D eigenvalue weighted by Crippen LogP contribution is -2.30. The van der Waals surface area contributed by atoms with Gasteiger partial charge in [0.15, 0.2) is 0 Å². The van der Waals surface area contributed by atoms with Gasteiger partial charge in [-0.1, -0.05) is 0 Å². The normalized spacial score (nSPS) is 20.3. The Morgan fingerprint density at radius 3 is 3.00 bits per heavy atom. The summed E-state index contributed by atoms with van der Waals surface area (Å²) in [4.78, 5) is 2.27. The first-order valence-electron chi connectivity index (χ1n) is 4.33. The molecule has 1 atom stereocenters. The first kappa shape index (κ1) is 9.47. The minimum atomic E-state index is -3.16. The van der Waals surface area contributed by atoms with Crippen molar-refractivity contribution < 1.29 is 4.21 Å². The molecule has 2 heterocycles. The third kappa shape index (κ3) is 1.38. The van der Waals surface area contributed by atoms with Gasteiger partial charge < -0.3 is 4.90 Å². The summed E-state index contributed by atoms with van der Waals surface area (Å²) in [5.74, 6) is 0.721. The van der Waals surface area contributed by atoms with Crippen LogP contribution in [0.4, 0.5) is 5.82 Å².